The van der Waals surface area contributed by atoms with E-state index in [1.54, 1.807) is 11.3 Å². The molecule has 90 valence electrons. The molecule has 0 aromatic carbocycles. The van der Waals surface area contributed by atoms with Crippen LogP contribution in [-0.4, -0.2) is 16.5 Å². The number of imidazole rings is 1. The minimum atomic E-state index is 0.848. The maximum absolute atomic E-state index is 4.42. The van der Waals surface area contributed by atoms with Crippen LogP contribution in [-0.2, 0) is 6.54 Å². The van der Waals surface area contributed by atoms with Gasteiger partial charge in [0.05, 0.1) is 23.3 Å². The first-order chi connectivity index (χ1) is 8.33. The van der Waals surface area contributed by atoms with Gasteiger partial charge in [0.15, 0.2) is 0 Å². The highest BCUT2D eigenvalue weighted by molar-refractivity contribution is 7.13. The topological polar surface area (TPSA) is 40.7 Å². The molecule has 1 aliphatic carbocycles. The SMILES string of the molecule is Cc1ccsc1-c1cnc(CNCC2CC2)[nH]1. The Hall–Kier alpha value is -1.13. The third-order valence-corrected chi connectivity index (χ3v) is 4.21. The summed E-state index contributed by atoms with van der Waals surface area (Å²) in [6, 6.07) is 2.14. The monoisotopic (exact) mass is 247 g/mol. The lowest BCUT2D eigenvalue weighted by Crippen LogP contribution is -2.16. The number of aryl methyl sites for hydroxylation is 1. The smallest absolute Gasteiger partial charge is 0.120 e. The Kier molecular flexibility index (Phi) is 2.99. The molecule has 4 heteroatoms. The van der Waals surface area contributed by atoms with E-state index < -0.39 is 0 Å². The summed E-state index contributed by atoms with van der Waals surface area (Å²) in [5.41, 5.74) is 2.46. The highest BCUT2D eigenvalue weighted by Gasteiger charge is 2.20. The van der Waals surface area contributed by atoms with Crippen LogP contribution >= 0.6 is 11.3 Å². The van der Waals surface area contributed by atoms with Gasteiger partial charge in [0.2, 0.25) is 0 Å². The predicted molar refractivity (Wildman–Crippen MR) is 71.1 cm³/mol. The molecule has 0 aliphatic heterocycles. The van der Waals surface area contributed by atoms with E-state index in [0.29, 0.717) is 0 Å². The normalized spacial score (nSPS) is 15.4. The molecular weight excluding hydrogens is 230 g/mol. The molecule has 1 aliphatic rings. The number of H-pyrrole nitrogens is 1. The summed E-state index contributed by atoms with van der Waals surface area (Å²) in [4.78, 5) is 9.10. The maximum Gasteiger partial charge on any atom is 0.120 e. The summed E-state index contributed by atoms with van der Waals surface area (Å²) in [5, 5.41) is 5.57. The molecule has 0 bridgehead atoms. The number of aromatic amines is 1. The average molecular weight is 247 g/mol. The second-order valence-electron chi connectivity index (χ2n) is 4.75. The molecule has 0 saturated heterocycles. The average Bonchev–Trinajstić information content (AvgIpc) is 2.85. The van der Waals surface area contributed by atoms with E-state index in [1.807, 2.05) is 6.20 Å². The molecule has 2 aromatic heterocycles. The van der Waals surface area contributed by atoms with Crippen molar-refractivity contribution >= 4 is 11.3 Å². The maximum atomic E-state index is 4.42. The van der Waals surface area contributed by atoms with Gasteiger partial charge in [0.25, 0.3) is 0 Å². The first-order valence-corrected chi connectivity index (χ1v) is 7.00. The minimum absolute atomic E-state index is 0.848. The number of hydrogen-bond acceptors (Lipinski definition) is 3. The van der Waals surface area contributed by atoms with Gasteiger partial charge >= 0.3 is 0 Å². The standard InChI is InChI=1S/C13H17N3S/c1-9-4-5-17-13(9)11-7-15-12(16-11)8-14-6-10-2-3-10/h4-5,7,10,14H,2-3,6,8H2,1H3,(H,15,16). The van der Waals surface area contributed by atoms with Crippen molar-refractivity contribution in [2.24, 2.45) is 5.92 Å². The van der Waals surface area contributed by atoms with Crippen molar-refractivity contribution in [3.63, 3.8) is 0 Å². The Morgan fingerprint density at radius 3 is 3.12 bits per heavy atom. The van der Waals surface area contributed by atoms with Gasteiger partial charge in [-0.1, -0.05) is 0 Å². The number of hydrogen-bond donors (Lipinski definition) is 2. The fourth-order valence-corrected chi connectivity index (χ4v) is 2.83. The second kappa shape index (κ2) is 4.63. The van der Waals surface area contributed by atoms with Gasteiger partial charge in [-0.05, 0) is 49.2 Å². The first-order valence-electron chi connectivity index (χ1n) is 6.12. The molecule has 2 N–H and O–H groups in total. The first kappa shape index (κ1) is 11.0. The van der Waals surface area contributed by atoms with E-state index in [0.717, 1.165) is 30.5 Å². The number of thiophene rings is 1. The summed E-state index contributed by atoms with van der Waals surface area (Å²) in [7, 11) is 0. The Morgan fingerprint density at radius 1 is 1.53 bits per heavy atom. The lowest BCUT2D eigenvalue weighted by Gasteiger charge is -2.00. The van der Waals surface area contributed by atoms with E-state index in [9.17, 15) is 0 Å². The molecule has 1 fully saturated rings. The molecule has 0 spiro atoms. The van der Waals surface area contributed by atoms with Crippen LogP contribution < -0.4 is 5.32 Å². The quantitative estimate of drug-likeness (QED) is 0.853. The fraction of sp³-hybridized carbons (Fsp3) is 0.462. The third-order valence-electron chi connectivity index (χ3n) is 3.16. The van der Waals surface area contributed by atoms with Gasteiger partial charge in [-0.15, -0.1) is 11.3 Å². The molecular formula is C13H17N3S. The second-order valence-corrected chi connectivity index (χ2v) is 5.67. The van der Waals surface area contributed by atoms with Crippen LogP contribution in [0, 0.1) is 12.8 Å². The number of nitrogens with one attached hydrogen (secondary N) is 2. The summed E-state index contributed by atoms with van der Waals surface area (Å²) in [5.74, 6) is 1.96. The molecule has 2 aromatic rings. The lowest BCUT2D eigenvalue weighted by atomic mass is 10.2. The molecule has 0 radical (unpaired) electrons. The minimum Gasteiger partial charge on any atom is -0.340 e. The Labute approximate surface area is 105 Å². The van der Waals surface area contributed by atoms with Gasteiger partial charge in [0, 0.05) is 0 Å². The molecule has 17 heavy (non-hydrogen) atoms. The number of nitrogens with zero attached hydrogens (tertiary/aromatic N) is 1. The molecule has 0 atom stereocenters. The van der Waals surface area contributed by atoms with Crippen molar-refractivity contribution in [2.75, 3.05) is 6.54 Å². The Bertz CT molecular complexity index is 496. The Balaban J connectivity index is 1.63. The van der Waals surface area contributed by atoms with Crippen LogP contribution in [0.15, 0.2) is 17.6 Å². The largest absolute Gasteiger partial charge is 0.340 e. The predicted octanol–water partition coefficient (Wildman–Crippen LogP) is 2.95. The molecule has 3 nitrogen and oxygen atoms in total. The molecule has 0 amide bonds. The van der Waals surface area contributed by atoms with Crippen molar-refractivity contribution < 1.29 is 0 Å². The molecule has 1 saturated carbocycles. The van der Waals surface area contributed by atoms with Crippen LogP contribution in [0.5, 0.6) is 0 Å². The zero-order valence-electron chi connectivity index (χ0n) is 9.99. The number of rotatable bonds is 5. The van der Waals surface area contributed by atoms with Gasteiger partial charge in [-0.3, -0.25) is 0 Å². The third kappa shape index (κ3) is 2.58. The van der Waals surface area contributed by atoms with Crippen molar-refractivity contribution in [3.8, 4) is 10.6 Å². The van der Waals surface area contributed by atoms with E-state index >= 15 is 0 Å². The fourth-order valence-electron chi connectivity index (χ4n) is 1.93. The van der Waals surface area contributed by atoms with Crippen molar-refractivity contribution in [2.45, 2.75) is 26.3 Å². The van der Waals surface area contributed by atoms with Crippen molar-refractivity contribution in [1.29, 1.82) is 0 Å². The molecule has 0 unspecified atom stereocenters. The van der Waals surface area contributed by atoms with Crippen LogP contribution in [0.3, 0.4) is 0 Å². The zero-order chi connectivity index (χ0) is 11.7. The van der Waals surface area contributed by atoms with Crippen LogP contribution in [0.1, 0.15) is 24.2 Å². The van der Waals surface area contributed by atoms with Gasteiger partial charge in [0.1, 0.15) is 5.82 Å². The van der Waals surface area contributed by atoms with Gasteiger partial charge < -0.3 is 10.3 Å². The van der Waals surface area contributed by atoms with Crippen LogP contribution in [0.4, 0.5) is 0 Å². The summed E-state index contributed by atoms with van der Waals surface area (Å²) < 4.78 is 0. The number of aromatic nitrogens is 2. The van der Waals surface area contributed by atoms with Crippen molar-refractivity contribution in [1.82, 2.24) is 15.3 Å². The highest BCUT2D eigenvalue weighted by Crippen LogP contribution is 2.28. The summed E-state index contributed by atoms with van der Waals surface area (Å²) in [6.07, 6.45) is 4.72. The molecule has 3 rings (SSSR count). The van der Waals surface area contributed by atoms with Gasteiger partial charge in [-0.2, -0.15) is 0 Å². The zero-order valence-corrected chi connectivity index (χ0v) is 10.8. The van der Waals surface area contributed by atoms with E-state index in [-0.39, 0.29) is 0 Å². The molecule has 2 heterocycles. The summed E-state index contributed by atoms with van der Waals surface area (Å²) >= 11 is 1.76. The van der Waals surface area contributed by atoms with E-state index in [1.165, 1.54) is 23.3 Å². The summed E-state index contributed by atoms with van der Waals surface area (Å²) in [6.45, 7) is 4.12. The van der Waals surface area contributed by atoms with E-state index in [4.69, 9.17) is 0 Å². The van der Waals surface area contributed by atoms with Crippen molar-refractivity contribution in [3.05, 3.63) is 29.0 Å². The van der Waals surface area contributed by atoms with Crippen LogP contribution in [0.2, 0.25) is 0 Å². The highest BCUT2D eigenvalue weighted by atomic mass is 32.1. The Morgan fingerprint density at radius 2 is 2.41 bits per heavy atom. The lowest BCUT2D eigenvalue weighted by molar-refractivity contribution is 0.623. The van der Waals surface area contributed by atoms with E-state index in [2.05, 4.69) is 33.7 Å². The van der Waals surface area contributed by atoms with Crippen LogP contribution in [0.25, 0.3) is 10.6 Å². The van der Waals surface area contributed by atoms with Gasteiger partial charge in [-0.25, -0.2) is 4.98 Å².